The molecule has 0 bridgehead atoms. The molecule has 0 aliphatic carbocycles. The van der Waals surface area contributed by atoms with E-state index in [-0.39, 0.29) is 0 Å². The summed E-state index contributed by atoms with van der Waals surface area (Å²) in [6.07, 6.45) is 1.83. The van der Waals surface area contributed by atoms with Gasteiger partial charge in [0.05, 0.1) is 16.7 Å². The fourth-order valence-electron chi connectivity index (χ4n) is 6.86. The Hall–Kier alpha value is -5.37. The van der Waals surface area contributed by atoms with Crippen molar-refractivity contribution < 1.29 is 4.57 Å². The predicted molar refractivity (Wildman–Crippen MR) is 186 cm³/mol. The maximum absolute atomic E-state index is 15.5. The normalized spacial score (nSPS) is 12.2. The summed E-state index contributed by atoms with van der Waals surface area (Å²) in [5.41, 5.74) is 3.79. The molecule has 0 fully saturated rings. The first-order valence-electron chi connectivity index (χ1n) is 14.8. The van der Waals surface area contributed by atoms with Gasteiger partial charge < -0.3 is 4.57 Å². The third-order valence-electron chi connectivity index (χ3n) is 8.93. The number of pyridine rings is 2. The van der Waals surface area contributed by atoms with Gasteiger partial charge in [0.25, 0.3) is 0 Å². The van der Waals surface area contributed by atoms with Crippen LogP contribution < -0.4 is 15.9 Å². The second-order valence-corrected chi connectivity index (χ2v) is 14.0. The van der Waals surface area contributed by atoms with Crippen molar-refractivity contribution in [2.45, 2.75) is 0 Å². The lowest BCUT2D eigenvalue weighted by Gasteiger charge is -2.23. The molecule has 9 rings (SSSR count). The molecule has 0 amide bonds. The summed E-state index contributed by atoms with van der Waals surface area (Å²) in [6, 6.07) is 49.6. The zero-order valence-electron chi connectivity index (χ0n) is 23.7. The molecule has 0 saturated heterocycles. The molecule has 3 nitrogen and oxygen atoms in total. The third kappa shape index (κ3) is 3.60. The molecule has 9 aromatic rings. The van der Waals surface area contributed by atoms with Crippen molar-refractivity contribution in [3.8, 4) is 11.3 Å². The highest BCUT2D eigenvalue weighted by Crippen LogP contribution is 2.47. The van der Waals surface area contributed by atoms with Crippen molar-refractivity contribution in [2.24, 2.45) is 0 Å². The van der Waals surface area contributed by atoms with Crippen molar-refractivity contribution >= 4 is 77.2 Å². The molecule has 0 radical (unpaired) electrons. The molecule has 0 saturated carbocycles. The number of hydrogen-bond acceptors (Lipinski definition) is 3. The lowest BCUT2D eigenvalue weighted by Crippen LogP contribution is -2.25. The van der Waals surface area contributed by atoms with E-state index >= 15 is 4.57 Å². The van der Waals surface area contributed by atoms with Crippen LogP contribution in [0, 0.1) is 0 Å². The zero-order chi connectivity index (χ0) is 29.3. The van der Waals surface area contributed by atoms with Crippen molar-refractivity contribution in [2.75, 3.05) is 0 Å². The Morgan fingerprint density at radius 3 is 1.75 bits per heavy atom. The van der Waals surface area contributed by atoms with Crippen LogP contribution in [0.4, 0.5) is 0 Å². The summed E-state index contributed by atoms with van der Waals surface area (Å²) in [6.45, 7) is 0. The standard InChI is InChI=1S/C40H25N2OP/c43-44(30-9-3-1-4-10-30,31-11-5-2-6-12-31)36-24-19-27-16-21-33-32(20-15-26-17-22-34(36)38(27)37(26)33)35-23-18-29-14-13-28-8-7-25-41-39(28)40(29)42-35/h1-25H. The molecule has 2 aromatic heterocycles. The number of hydrogen-bond donors (Lipinski definition) is 0. The molecule has 206 valence electrons. The molecule has 0 aliphatic heterocycles. The lowest BCUT2D eigenvalue weighted by atomic mass is 9.91. The highest BCUT2D eigenvalue weighted by atomic mass is 31.2. The van der Waals surface area contributed by atoms with Crippen molar-refractivity contribution in [1.82, 2.24) is 9.97 Å². The van der Waals surface area contributed by atoms with Gasteiger partial charge in [0.2, 0.25) is 0 Å². The van der Waals surface area contributed by atoms with Crippen LogP contribution in [-0.2, 0) is 4.57 Å². The first-order valence-corrected chi connectivity index (χ1v) is 16.5. The molecular weight excluding hydrogens is 555 g/mol. The molecule has 0 N–H and O–H groups in total. The van der Waals surface area contributed by atoms with E-state index in [9.17, 15) is 0 Å². The molecule has 44 heavy (non-hydrogen) atoms. The number of fused-ring (bicyclic) bond motifs is 3. The first-order chi connectivity index (χ1) is 21.7. The summed E-state index contributed by atoms with van der Waals surface area (Å²) in [7, 11) is -3.18. The molecule has 0 spiro atoms. The monoisotopic (exact) mass is 580 g/mol. The van der Waals surface area contributed by atoms with Crippen LogP contribution in [0.3, 0.4) is 0 Å². The van der Waals surface area contributed by atoms with E-state index in [0.717, 1.165) is 75.9 Å². The first kappa shape index (κ1) is 25.2. The van der Waals surface area contributed by atoms with Gasteiger partial charge in [-0.3, -0.25) is 4.98 Å². The van der Waals surface area contributed by atoms with Gasteiger partial charge in [0, 0.05) is 38.4 Å². The van der Waals surface area contributed by atoms with Crippen molar-refractivity contribution in [3.63, 3.8) is 0 Å². The van der Waals surface area contributed by atoms with Gasteiger partial charge in [0.15, 0.2) is 7.14 Å². The van der Waals surface area contributed by atoms with Crippen LogP contribution in [0.2, 0.25) is 0 Å². The van der Waals surface area contributed by atoms with E-state index < -0.39 is 7.14 Å². The maximum atomic E-state index is 15.5. The summed E-state index contributed by atoms with van der Waals surface area (Å²) in [4.78, 5) is 9.85. The largest absolute Gasteiger partial charge is 0.309 e. The van der Waals surface area contributed by atoms with E-state index in [1.54, 1.807) is 0 Å². The second-order valence-electron chi connectivity index (χ2n) is 11.3. The highest BCUT2D eigenvalue weighted by Gasteiger charge is 2.32. The van der Waals surface area contributed by atoms with Crippen LogP contribution >= 0.6 is 7.14 Å². The zero-order valence-corrected chi connectivity index (χ0v) is 24.6. The van der Waals surface area contributed by atoms with Crippen LogP contribution in [0.1, 0.15) is 0 Å². The smallest absolute Gasteiger partial charge is 0.171 e. The van der Waals surface area contributed by atoms with E-state index in [0.29, 0.717) is 0 Å². The summed E-state index contributed by atoms with van der Waals surface area (Å²) in [5.74, 6) is 0. The Bertz CT molecular complexity index is 2540. The minimum Gasteiger partial charge on any atom is -0.309 e. The SMILES string of the molecule is O=P(c1ccccc1)(c1ccccc1)c1ccc2ccc3c(-c4ccc5ccc6cccnc6c5n4)ccc4ccc1c2c43. The van der Waals surface area contributed by atoms with Gasteiger partial charge in [-0.2, -0.15) is 0 Å². The van der Waals surface area contributed by atoms with Gasteiger partial charge in [-0.05, 0) is 50.5 Å². The van der Waals surface area contributed by atoms with Gasteiger partial charge in [-0.25, -0.2) is 4.98 Å². The molecule has 0 unspecified atom stereocenters. The Kier molecular flexibility index (Phi) is 5.47. The van der Waals surface area contributed by atoms with Crippen LogP contribution in [0.5, 0.6) is 0 Å². The fraction of sp³-hybridized carbons (Fsp3) is 0. The van der Waals surface area contributed by atoms with Gasteiger partial charge in [-0.15, -0.1) is 0 Å². The topological polar surface area (TPSA) is 42.9 Å². The molecule has 4 heteroatoms. The van der Waals surface area contributed by atoms with Gasteiger partial charge in [-0.1, -0.05) is 127 Å². The maximum Gasteiger partial charge on any atom is 0.171 e. The summed E-state index contributed by atoms with van der Waals surface area (Å²) < 4.78 is 15.5. The Labute approximate surface area is 254 Å². The average Bonchev–Trinajstić information content (AvgIpc) is 3.10. The van der Waals surface area contributed by atoms with Gasteiger partial charge >= 0.3 is 0 Å². The number of nitrogens with zero attached hydrogens (tertiary/aromatic N) is 2. The third-order valence-corrected chi connectivity index (χ3v) is 12.0. The van der Waals surface area contributed by atoms with Crippen LogP contribution in [-0.4, -0.2) is 9.97 Å². The fourth-order valence-corrected chi connectivity index (χ4v) is 9.71. The molecule has 0 aliphatic rings. The molecule has 0 atom stereocenters. The highest BCUT2D eigenvalue weighted by molar-refractivity contribution is 7.85. The number of benzene rings is 7. The van der Waals surface area contributed by atoms with Gasteiger partial charge in [0.1, 0.15) is 0 Å². The van der Waals surface area contributed by atoms with Crippen molar-refractivity contribution in [1.29, 1.82) is 0 Å². The average molecular weight is 581 g/mol. The quantitative estimate of drug-likeness (QED) is 0.154. The molecular formula is C40H25N2OP. The minimum atomic E-state index is -3.18. The Balaban J connectivity index is 1.34. The molecule has 2 heterocycles. The van der Waals surface area contributed by atoms with E-state index in [1.165, 1.54) is 5.39 Å². The predicted octanol–water partition coefficient (Wildman–Crippen LogP) is 8.99. The van der Waals surface area contributed by atoms with E-state index in [2.05, 4.69) is 83.8 Å². The Morgan fingerprint density at radius 2 is 1.02 bits per heavy atom. The summed E-state index contributed by atoms with van der Waals surface area (Å²) >= 11 is 0. The molecule has 7 aromatic carbocycles. The lowest BCUT2D eigenvalue weighted by molar-refractivity contribution is 0.592. The van der Waals surface area contributed by atoms with Crippen LogP contribution in [0.25, 0.3) is 65.4 Å². The minimum absolute atomic E-state index is 0.836. The Morgan fingerprint density at radius 1 is 0.455 bits per heavy atom. The second kappa shape index (κ2) is 9.57. The number of rotatable bonds is 4. The van der Waals surface area contributed by atoms with E-state index in [4.69, 9.17) is 4.98 Å². The van der Waals surface area contributed by atoms with Crippen molar-refractivity contribution in [3.05, 3.63) is 152 Å². The van der Waals surface area contributed by atoms with E-state index in [1.807, 2.05) is 72.9 Å². The summed E-state index contributed by atoms with van der Waals surface area (Å²) in [5, 5.41) is 11.4. The van der Waals surface area contributed by atoms with Crippen LogP contribution in [0.15, 0.2) is 152 Å². The number of aromatic nitrogens is 2.